The zero-order chi connectivity index (χ0) is 11.0. The number of nitrogens with one attached hydrogen (secondary N) is 1. The van der Waals surface area contributed by atoms with Crippen molar-refractivity contribution in [2.24, 2.45) is 16.8 Å². The van der Waals surface area contributed by atoms with Crippen molar-refractivity contribution in [3.05, 3.63) is 0 Å². The number of aliphatic hydroxyl groups excluding tert-OH is 1. The summed E-state index contributed by atoms with van der Waals surface area (Å²) in [5, 5.41) is 23.2. The van der Waals surface area contributed by atoms with Gasteiger partial charge in [0.05, 0.1) is 6.04 Å². The molecule has 0 aliphatic rings. The van der Waals surface area contributed by atoms with Crippen LogP contribution in [0.25, 0.3) is 0 Å². The summed E-state index contributed by atoms with van der Waals surface area (Å²) in [5.41, 5.74) is 5.41. The van der Waals surface area contributed by atoms with E-state index >= 15 is 0 Å². The highest BCUT2D eigenvalue weighted by molar-refractivity contribution is 5.84. The second-order valence-electron chi connectivity index (χ2n) is 3.44. The normalized spacial score (nSPS) is 16.6. The Balaban J connectivity index is 3.78. The Labute approximate surface area is 85.0 Å². The van der Waals surface area contributed by atoms with E-state index < -0.39 is 0 Å². The Morgan fingerprint density at radius 1 is 1.57 bits per heavy atom. The summed E-state index contributed by atoms with van der Waals surface area (Å²) in [5.74, 6) is 0.623. The number of hydrogen-bond donors (Lipinski definition) is 4. The number of rotatable bonds is 7. The van der Waals surface area contributed by atoms with Crippen LogP contribution in [0.1, 0.15) is 26.7 Å². The lowest BCUT2D eigenvalue weighted by Crippen LogP contribution is -2.41. The number of amidine groups is 1. The maximum Gasteiger partial charge on any atom is 0.156 e. The van der Waals surface area contributed by atoms with E-state index in [1.807, 2.05) is 6.92 Å². The van der Waals surface area contributed by atoms with Gasteiger partial charge in [0.15, 0.2) is 5.84 Å². The van der Waals surface area contributed by atoms with E-state index in [2.05, 4.69) is 17.4 Å². The Bertz CT molecular complexity index is 173. The van der Waals surface area contributed by atoms with Gasteiger partial charge < -0.3 is 21.4 Å². The molecule has 2 atom stereocenters. The van der Waals surface area contributed by atoms with Crippen LogP contribution < -0.4 is 11.1 Å². The molecule has 0 rings (SSSR count). The van der Waals surface area contributed by atoms with E-state index in [1.54, 1.807) is 0 Å². The van der Waals surface area contributed by atoms with Crippen LogP contribution in [0.5, 0.6) is 0 Å². The molecule has 0 spiro atoms. The monoisotopic (exact) mass is 203 g/mol. The molecule has 5 N–H and O–H groups in total. The van der Waals surface area contributed by atoms with Gasteiger partial charge in [-0.15, -0.1) is 0 Å². The fraction of sp³-hybridized carbons (Fsp3) is 0.889. The molecule has 0 aromatic carbocycles. The molecule has 0 aromatic rings. The zero-order valence-electron chi connectivity index (χ0n) is 8.90. The maximum absolute atomic E-state index is 8.77. The standard InChI is InChI=1S/C9H21N3O2/c1-3-8(4-5-13)6-11-7(2)9(10)12-14/h7-8,11,13-14H,3-6H2,1-2H3,(H2,10,12). The van der Waals surface area contributed by atoms with Crippen molar-refractivity contribution in [1.29, 1.82) is 0 Å². The number of oxime groups is 1. The van der Waals surface area contributed by atoms with Crippen molar-refractivity contribution in [2.45, 2.75) is 32.7 Å². The van der Waals surface area contributed by atoms with Crippen molar-refractivity contribution in [2.75, 3.05) is 13.2 Å². The Morgan fingerprint density at radius 2 is 2.21 bits per heavy atom. The molecule has 0 aliphatic heterocycles. The zero-order valence-corrected chi connectivity index (χ0v) is 8.90. The minimum Gasteiger partial charge on any atom is -0.409 e. The topological polar surface area (TPSA) is 90.9 Å². The third kappa shape index (κ3) is 5.04. The molecule has 0 radical (unpaired) electrons. The summed E-state index contributed by atoms with van der Waals surface area (Å²) < 4.78 is 0. The molecule has 0 bridgehead atoms. The Kier molecular flexibility index (Phi) is 7.14. The molecule has 14 heavy (non-hydrogen) atoms. The predicted molar refractivity (Wildman–Crippen MR) is 56.4 cm³/mol. The molecule has 0 amide bonds. The lowest BCUT2D eigenvalue weighted by atomic mass is 10.0. The largest absolute Gasteiger partial charge is 0.409 e. The van der Waals surface area contributed by atoms with Gasteiger partial charge in [-0.2, -0.15) is 0 Å². The van der Waals surface area contributed by atoms with Gasteiger partial charge in [-0.05, 0) is 25.8 Å². The average molecular weight is 203 g/mol. The quantitative estimate of drug-likeness (QED) is 0.205. The van der Waals surface area contributed by atoms with Crippen LogP contribution in [0.3, 0.4) is 0 Å². The molecular formula is C9H21N3O2. The molecule has 0 aromatic heterocycles. The highest BCUT2D eigenvalue weighted by atomic mass is 16.4. The summed E-state index contributed by atoms with van der Waals surface area (Å²) in [6.45, 7) is 4.89. The van der Waals surface area contributed by atoms with Crippen LogP contribution in [-0.2, 0) is 0 Å². The highest BCUT2D eigenvalue weighted by Gasteiger charge is 2.10. The average Bonchev–Trinajstić information content (AvgIpc) is 2.22. The summed E-state index contributed by atoms with van der Waals surface area (Å²) in [6, 6.07) is -0.132. The van der Waals surface area contributed by atoms with Gasteiger partial charge in [-0.1, -0.05) is 18.5 Å². The van der Waals surface area contributed by atoms with Gasteiger partial charge in [0.2, 0.25) is 0 Å². The van der Waals surface area contributed by atoms with Gasteiger partial charge in [0.1, 0.15) is 0 Å². The Hall–Kier alpha value is -0.810. The summed E-state index contributed by atoms with van der Waals surface area (Å²) in [6.07, 6.45) is 1.79. The van der Waals surface area contributed by atoms with Crippen molar-refractivity contribution in [3.63, 3.8) is 0 Å². The molecule has 5 heteroatoms. The predicted octanol–water partition coefficient (Wildman–Crippen LogP) is 0.120. The number of nitrogens with zero attached hydrogens (tertiary/aromatic N) is 1. The number of aliphatic hydroxyl groups is 1. The molecule has 0 fully saturated rings. The van der Waals surface area contributed by atoms with E-state index in [1.165, 1.54) is 0 Å². The van der Waals surface area contributed by atoms with E-state index in [0.29, 0.717) is 5.92 Å². The Morgan fingerprint density at radius 3 is 2.64 bits per heavy atom. The molecule has 0 saturated heterocycles. The highest BCUT2D eigenvalue weighted by Crippen LogP contribution is 2.05. The first-order chi connectivity index (χ1) is 6.65. The second kappa shape index (κ2) is 7.58. The number of hydrogen-bond acceptors (Lipinski definition) is 4. The van der Waals surface area contributed by atoms with Crippen molar-refractivity contribution >= 4 is 5.84 Å². The summed E-state index contributed by atoms with van der Waals surface area (Å²) in [7, 11) is 0. The molecule has 5 nitrogen and oxygen atoms in total. The SMILES string of the molecule is CCC(CCO)CNC(C)C(N)=NO. The third-order valence-corrected chi connectivity index (χ3v) is 2.39. The van der Waals surface area contributed by atoms with Gasteiger partial charge in [0, 0.05) is 6.61 Å². The molecule has 2 unspecified atom stereocenters. The van der Waals surface area contributed by atoms with Gasteiger partial charge in [-0.3, -0.25) is 0 Å². The van der Waals surface area contributed by atoms with Crippen molar-refractivity contribution in [1.82, 2.24) is 5.32 Å². The van der Waals surface area contributed by atoms with Gasteiger partial charge in [-0.25, -0.2) is 0 Å². The van der Waals surface area contributed by atoms with E-state index in [4.69, 9.17) is 16.0 Å². The summed E-state index contributed by atoms with van der Waals surface area (Å²) >= 11 is 0. The third-order valence-electron chi connectivity index (χ3n) is 2.39. The van der Waals surface area contributed by atoms with Crippen LogP contribution in [0.4, 0.5) is 0 Å². The molecule has 0 heterocycles. The van der Waals surface area contributed by atoms with E-state index in [-0.39, 0.29) is 18.5 Å². The van der Waals surface area contributed by atoms with Crippen LogP contribution in [0.15, 0.2) is 5.16 Å². The maximum atomic E-state index is 8.77. The van der Waals surface area contributed by atoms with E-state index in [9.17, 15) is 0 Å². The van der Waals surface area contributed by atoms with Crippen LogP contribution in [-0.4, -0.2) is 35.3 Å². The van der Waals surface area contributed by atoms with Crippen LogP contribution >= 0.6 is 0 Å². The van der Waals surface area contributed by atoms with Crippen molar-refractivity contribution < 1.29 is 10.3 Å². The smallest absolute Gasteiger partial charge is 0.156 e. The second-order valence-corrected chi connectivity index (χ2v) is 3.44. The van der Waals surface area contributed by atoms with E-state index in [0.717, 1.165) is 19.4 Å². The van der Waals surface area contributed by atoms with Crippen LogP contribution in [0.2, 0.25) is 0 Å². The van der Waals surface area contributed by atoms with Gasteiger partial charge >= 0.3 is 0 Å². The fourth-order valence-corrected chi connectivity index (χ4v) is 1.17. The number of nitrogens with two attached hydrogens (primary N) is 1. The lowest BCUT2D eigenvalue weighted by molar-refractivity contribution is 0.250. The van der Waals surface area contributed by atoms with Gasteiger partial charge in [0.25, 0.3) is 0 Å². The molecule has 0 aliphatic carbocycles. The fourth-order valence-electron chi connectivity index (χ4n) is 1.17. The molecular weight excluding hydrogens is 182 g/mol. The summed E-state index contributed by atoms with van der Waals surface area (Å²) in [4.78, 5) is 0. The molecule has 0 saturated carbocycles. The minimum absolute atomic E-state index is 0.132. The molecule has 84 valence electrons. The minimum atomic E-state index is -0.132. The first-order valence-electron chi connectivity index (χ1n) is 4.97. The van der Waals surface area contributed by atoms with Crippen LogP contribution in [0, 0.1) is 5.92 Å². The van der Waals surface area contributed by atoms with Crippen molar-refractivity contribution in [3.8, 4) is 0 Å². The first kappa shape index (κ1) is 13.2. The lowest BCUT2D eigenvalue weighted by Gasteiger charge is -2.17. The first-order valence-corrected chi connectivity index (χ1v) is 4.97.